The summed E-state index contributed by atoms with van der Waals surface area (Å²) in [5.74, 6) is -0.997. The van der Waals surface area contributed by atoms with E-state index in [0.717, 1.165) is 0 Å². The Morgan fingerprint density at radius 2 is 2.07 bits per heavy atom. The highest BCUT2D eigenvalue weighted by Crippen LogP contribution is 2.24. The van der Waals surface area contributed by atoms with Crippen molar-refractivity contribution >= 4 is 29.2 Å². The van der Waals surface area contributed by atoms with Crippen molar-refractivity contribution in [3.63, 3.8) is 0 Å². The highest BCUT2D eigenvalue weighted by Gasteiger charge is 2.31. The van der Waals surface area contributed by atoms with E-state index in [0.29, 0.717) is 11.4 Å². The van der Waals surface area contributed by atoms with Crippen molar-refractivity contribution in [1.29, 1.82) is 5.41 Å². The van der Waals surface area contributed by atoms with E-state index in [1.54, 1.807) is 0 Å². The van der Waals surface area contributed by atoms with Crippen molar-refractivity contribution in [3.05, 3.63) is 41.8 Å². The van der Waals surface area contributed by atoms with Crippen molar-refractivity contribution in [2.45, 2.75) is 12.5 Å². The van der Waals surface area contributed by atoms with Crippen LogP contribution in [0.25, 0.3) is 0 Å². The number of alkyl halides is 1. The predicted molar refractivity (Wildman–Crippen MR) is 101 cm³/mol. The monoisotopic (exact) mass is 406 g/mol. The number of halogens is 2. The number of amides is 2. The number of primary amides is 1. The number of benzene rings is 1. The summed E-state index contributed by atoms with van der Waals surface area (Å²) in [6.45, 7) is -0.764. The minimum atomic E-state index is -0.779. The first-order valence-corrected chi connectivity index (χ1v) is 8.85. The molecule has 1 aliphatic heterocycles. The van der Waals surface area contributed by atoms with Crippen LogP contribution in [0.4, 0.5) is 25.1 Å². The van der Waals surface area contributed by atoms with Gasteiger partial charge >= 0.3 is 6.09 Å². The van der Waals surface area contributed by atoms with Gasteiger partial charge in [0.1, 0.15) is 30.7 Å². The molecule has 154 valence electrons. The maximum absolute atomic E-state index is 13.1. The molecule has 1 aromatic carbocycles. The summed E-state index contributed by atoms with van der Waals surface area (Å²) < 4.78 is 31.5. The SMILES string of the molecule is N=C1CCN(C(=O)OCCF)C[C@H]1n1cc(C(N)=O)c(Nc2ccc(F)cc2)n1. The Hall–Kier alpha value is -3.50. The summed E-state index contributed by atoms with van der Waals surface area (Å²) in [7, 11) is 0. The van der Waals surface area contributed by atoms with Gasteiger partial charge in [0.25, 0.3) is 5.91 Å². The van der Waals surface area contributed by atoms with E-state index in [1.165, 1.54) is 40.0 Å². The molecule has 0 bridgehead atoms. The molecule has 0 saturated carbocycles. The van der Waals surface area contributed by atoms with Crippen LogP contribution in [0, 0.1) is 11.2 Å². The van der Waals surface area contributed by atoms with Crippen molar-refractivity contribution in [2.75, 3.05) is 31.7 Å². The Morgan fingerprint density at radius 3 is 2.72 bits per heavy atom. The summed E-state index contributed by atoms with van der Waals surface area (Å²) in [6.07, 6.45) is 0.998. The molecule has 0 aliphatic carbocycles. The molecule has 1 atom stereocenters. The first-order chi connectivity index (χ1) is 13.9. The number of ether oxygens (including phenoxy) is 1. The summed E-state index contributed by atoms with van der Waals surface area (Å²) >= 11 is 0. The van der Waals surface area contributed by atoms with E-state index in [9.17, 15) is 18.4 Å². The van der Waals surface area contributed by atoms with E-state index in [4.69, 9.17) is 15.9 Å². The van der Waals surface area contributed by atoms with Crippen LogP contribution in [-0.2, 0) is 4.74 Å². The number of aromatic nitrogens is 2. The Labute approximate surface area is 164 Å². The molecule has 4 N–H and O–H groups in total. The molecular formula is C18H20F2N6O3. The maximum atomic E-state index is 13.1. The van der Waals surface area contributed by atoms with E-state index < -0.39 is 30.5 Å². The zero-order valence-corrected chi connectivity index (χ0v) is 15.4. The number of likely N-dealkylation sites (tertiary alicyclic amines) is 1. The highest BCUT2D eigenvalue weighted by atomic mass is 19.1. The number of carbonyl (C=O) groups is 2. The van der Waals surface area contributed by atoms with Crippen molar-refractivity contribution < 1.29 is 23.1 Å². The first kappa shape index (κ1) is 20.2. The molecule has 1 fully saturated rings. The van der Waals surface area contributed by atoms with Crippen LogP contribution in [0.3, 0.4) is 0 Å². The molecule has 29 heavy (non-hydrogen) atoms. The van der Waals surface area contributed by atoms with E-state index >= 15 is 0 Å². The summed E-state index contributed by atoms with van der Waals surface area (Å²) in [4.78, 5) is 25.2. The number of rotatable bonds is 6. The lowest BCUT2D eigenvalue weighted by atomic mass is 10.0. The molecular weight excluding hydrogens is 386 g/mol. The Bertz CT molecular complexity index is 915. The van der Waals surface area contributed by atoms with Crippen LogP contribution in [0.2, 0.25) is 0 Å². The van der Waals surface area contributed by atoms with Gasteiger partial charge in [0.15, 0.2) is 5.82 Å². The number of piperidine rings is 1. The van der Waals surface area contributed by atoms with Gasteiger partial charge in [-0.3, -0.25) is 9.48 Å². The van der Waals surface area contributed by atoms with Crippen LogP contribution in [0.5, 0.6) is 0 Å². The number of nitrogens with zero attached hydrogens (tertiary/aromatic N) is 3. The van der Waals surface area contributed by atoms with Gasteiger partial charge in [0, 0.05) is 30.6 Å². The van der Waals surface area contributed by atoms with Gasteiger partial charge < -0.3 is 26.1 Å². The highest BCUT2D eigenvalue weighted by molar-refractivity contribution is 5.98. The van der Waals surface area contributed by atoms with Crippen molar-refractivity contribution in [3.8, 4) is 0 Å². The molecule has 0 spiro atoms. The summed E-state index contributed by atoms with van der Waals surface area (Å²) in [6, 6.07) is 4.82. The van der Waals surface area contributed by atoms with Gasteiger partial charge in [-0.15, -0.1) is 0 Å². The lowest BCUT2D eigenvalue weighted by molar-refractivity contribution is 0.0911. The standard InChI is InChI=1S/C18H20F2N6O3/c19-6-8-29-18(28)25-7-5-14(21)15(10-25)26-9-13(16(22)27)17(24-26)23-12-3-1-11(20)2-4-12/h1-4,9,15,21H,5-8,10H2,(H2,22,27)(H,23,24)/t15-/m1/s1. The fraction of sp³-hybridized carbons (Fsp3) is 0.333. The number of hydrogen-bond donors (Lipinski definition) is 3. The Morgan fingerprint density at radius 1 is 1.34 bits per heavy atom. The quantitative estimate of drug-likeness (QED) is 0.678. The second-order valence-corrected chi connectivity index (χ2v) is 6.41. The fourth-order valence-corrected chi connectivity index (χ4v) is 2.95. The average molecular weight is 406 g/mol. The van der Waals surface area contributed by atoms with Crippen LogP contribution >= 0.6 is 0 Å². The van der Waals surface area contributed by atoms with Crippen LogP contribution in [0.1, 0.15) is 22.8 Å². The molecule has 2 aromatic rings. The molecule has 2 amide bonds. The number of hydrogen-bond acceptors (Lipinski definition) is 6. The summed E-state index contributed by atoms with van der Waals surface area (Å²) in [5, 5.41) is 15.4. The fourth-order valence-electron chi connectivity index (χ4n) is 2.95. The molecule has 11 heteroatoms. The molecule has 3 rings (SSSR count). The topological polar surface area (TPSA) is 126 Å². The zero-order chi connectivity index (χ0) is 21.0. The van der Waals surface area contributed by atoms with Crippen LogP contribution < -0.4 is 11.1 Å². The molecule has 1 saturated heterocycles. The smallest absolute Gasteiger partial charge is 0.409 e. The largest absolute Gasteiger partial charge is 0.447 e. The second kappa shape index (κ2) is 8.67. The molecule has 2 heterocycles. The molecule has 1 aromatic heterocycles. The molecule has 1 aliphatic rings. The maximum Gasteiger partial charge on any atom is 0.409 e. The lowest BCUT2D eigenvalue weighted by Crippen LogP contribution is -2.45. The third-order valence-corrected chi connectivity index (χ3v) is 4.43. The minimum Gasteiger partial charge on any atom is -0.447 e. The summed E-state index contributed by atoms with van der Waals surface area (Å²) in [5.41, 5.74) is 6.32. The van der Waals surface area contributed by atoms with Gasteiger partial charge in [-0.1, -0.05) is 0 Å². The van der Waals surface area contributed by atoms with Gasteiger partial charge in [-0.2, -0.15) is 5.10 Å². The van der Waals surface area contributed by atoms with Gasteiger partial charge in [0.2, 0.25) is 0 Å². The van der Waals surface area contributed by atoms with Gasteiger partial charge in [-0.25, -0.2) is 13.6 Å². The number of nitrogens with two attached hydrogens (primary N) is 1. The normalized spacial score (nSPS) is 16.6. The average Bonchev–Trinajstić information content (AvgIpc) is 3.12. The molecule has 0 radical (unpaired) electrons. The van der Waals surface area contributed by atoms with E-state index in [2.05, 4.69) is 10.4 Å². The second-order valence-electron chi connectivity index (χ2n) is 6.41. The third kappa shape index (κ3) is 4.68. The molecule has 9 nitrogen and oxygen atoms in total. The number of nitrogens with one attached hydrogen (secondary N) is 2. The van der Waals surface area contributed by atoms with Gasteiger partial charge in [-0.05, 0) is 24.3 Å². The van der Waals surface area contributed by atoms with Crippen molar-refractivity contribution in [2.24, 2.45) is 5.73 Å². The molecule has 0 unspecified atom stereocenters. The number of carbonyl (C=O) groups excluding carboxylic acids is 2. The first-order valence-electron chi connectivity index (χ1n) is 8.85. The van der Waals surface area contributed by atoms with Gasteiger partial charge in [0.05, 0.1) is 6.54 Å². The van der Waals surface area contributed by atoms with Crippen molar-refractivity contribution in [1.82, 2.24) is 14.7 Å². The Kier molecular flexibility index (Phi) is 6.05. The lowest BCUT2D eigenvalue weighted by Gasteiger charge is -2.32. The zero-order valence-electron chi connectivity index (χ0n) is 15.4. The number of anilines is 2. The third-order valence-electron chi connectivity index (χ3n) is 4.43. The minimum absolute atomic E-state index is 0.0826. The van der Waals surface area contributed by atoms with Crippen LogP contribution in [0.15, 0.2) is 30.5 Å². The van der Waals surface area contributed by atoms with Crippen LogP contribution in [-0.4, -0.2) is 58.8 Å². The Balaban J connectivity index is 1.83. The predicted octanol–water partition coefficient (Wildman–Crippen LogP) is 2.24. The van der Waals surface area contributed by atoms with E-state index in [1.807, 2.05) is 0 Å². The van der Waals surface area contributed by atoms with E-state index in [-0.39, 0.29) is 37.5 Å².